The highest BCUT2D eigenvalue weighted by atomic mass is 16.5. The molecule has 0 saturated heterocycles. The smallest absolute Gasteiger partial charge is 0.407 e. The summed E-state index contributed by atoms with van der Waals surface area (Å²) in [4.78, 5) is 12.3. The van der Waals surface area contributed by atoms with Gasteiger partial charge in [0, 0.05) is 23.4 Å². The number of hydrogen-bond donors (Lipinski definition) is 3. The summed E-state index contributed by atoms with van der Waals surface area (Å²) in [6.07, 6.45) is -1.09. The van der Waals surface area contributed by atoms with Gasteiger partial charge >= 0.3 is 6.09 Å². The summed E-state index contributed by atoms with van der Waals surface area (Å²) in [6.45, 7) is 0.400. The van der Waals surface area contributed by atoms with E-state index in [0.29, 0.717) is 11.1 Å². The van der Waals surface area contributed by atoms with Gasteiger partial charge in [0.05, 0.1) is 12.4 Å². The van der Waals surface area contributed by atoms with Gasteiger partial charge in [-0.1, -0.05) is 66.7 Å². The number of furan rings is 1. The number of amides is 1. The molecule has 5 rings (SSSR count). The van der Waals surface area contributed by atoms with E-state index < -0.39 is 18.3 Å². The second kappa shape index (κ2) is 9.10. The molecule has 0 radical (unpaired) electrons. The Morgan fingerprint density at radius 2 is 1.58 bits per heavy atom. The highest BCUT2D eigenvalue weighted by Crippen LogP contribution is 2.44. The van der Waals surface area contributed by atoms with Gasteiger partial charge in [0.25, 0.3) is 0 Å². The first kappa shape index (κ1) is 21.2. The minimum Gasteiger partial charge on any atom is -0.464 e. The number of fused-ring (bicyclic) bond motifs is 4. The average Bonchev–Trinajstić information content (AvgIpc) is 3.42. The molecule has 1 heterocycles. The van der Waals surface area contributed by atoms with Crippen molar-refractivity contribution in [2.45, 2.75) is 24.5 Å². The van der Waals surface area contributed by atoms with E-state index in [-0.39, 0.29) is 25.5 Å². The van der Waals surface area contributed by atoms with Crippen molar-refractivity contribution < 1.29 is 24.2 Å². The van der Waals surface area contributed by atoms with Crippen LogP contribution >= 0.6 is 0 Å². The van der Waals surface area contributed by atoms with Crippen molar-refractivity contribution in [1.29, 1.82) is 0 Å². The SMILES string of the molecule is O=C(NCCC(O)C(O)c1coc2ccccc12)OCC1c2ccccc2-c2ccccc21. The Labute approximate surface area is 191 Å². The second-order valence-electron chi connectivity index (χ2n) is 8.24. The lowest BCUT2D eigenvalue weighted by molar-refractivity contribution is 0.0140. The molecule has 2 unspecified atom stereocenters. The first-order chi connectivity index (χ1) is 16.1. The van der Waals surface area contributed by atoms with Crippen molar-refractivity contribution in [3.63, 3.8) is 0 Å². The first-order valence-corrected chi connectivity index (χ1v) is 11.0. The van der Waals surface area contributed by atoms with E-state index >= 15 is 0 Å². The molecule has 0 fully saturated rings. The highest BCUT2D eigenvalue weighted by molar-refractivity contribution is 5.81. The molecular weight excluding hydrogens is 418 g/mol. The van der Waals surface area contributed by atoms with Gasteiger partial charge in [-0.2, -0.15) is 0 Å². The zero-order chi connectivity index (χ0) is 22.8. The third-order valence-electron chi connectivity index (χ3n) is 6.25. The van der Waals surface area contributed by atoms with Gasteiger partial charge < -0.3 is 24.7 Å². The predicted octanol–water partition coefficient (Wildman–Crippen LogP) is 4.76. The van der Waals surface area contributed by atoms with Gasteiger partial charge in [-0.05, 0) is 34.7 Å². The predicted molar refractivity (Wildman–Crippen MR) is 125 cm³/mol. The number of aliphatic hydroxyl groups excluding tert-OH is 2. The maximum Gasteiger partial charge on any atom is 0.407 e. The standard InChI is InChI=1S/C27H25NO5/c29-24(26(30)23-16-32-25-12-6-5-11-21(23)25)13-14-28-27(31)33-15-22-19-9-3-1-7-17(19)18-8-2-4-10-20(18)22/h1-12,16,22,24,26,29-30H,13-15H2,(H,28,31). The molecule has 6 heteroatoms. The van der Waals surface area contributed by atoms with Crippen molar-refractivity contribution >= 4 is 17.1 Å². The van der Waals surface area contributed by atoms with Gasteiger partial charge in [0.15, 0.2) is 0 Å². The Bertz CT molecular complexity index is 1230. The lowest BCUT2D eigenvalue weighted by atomic mass is 9.98. The molecule has 33 heavy (non-hydrogen) atoms. The quantitative estimate of drug-likeness (QED) is 0.383. The lowest BCUT2D eigenvalue weighted by Gasteiger charge is -2.18. The second-order valence-corrected chi connectivity index (χ2v) is 8.24. The van der Waals surface area contributed by atoms with E-state index in [2.05, 4.69) is 29.6 Å². The zero-order valence-electron chi connectivity index (χ0n) is 18.0. The van der Waals surface area contributed by atoms with Crippen molar-refractivity contribution in [2.75, 3.05) is 13.2 Å². The van der Waals surface area contributed by atoms with Crippen molar-refractivity contribution in [3.05, 3.63) is 95.7 Å². The van der Waals surface area contributed by atoms with Crippen LogP contribution in [0.5, 0.6) is 0 Å². The number of carbonyl (C=O) groups is 1. The molecule has 168 valence electrons. The van der Waals surface area contributed by atoms with Crippen LogP contribution in [0.2, 0.25) is 0 Å². The van der Waals surface area contributed by atoms with E-state index in [1.54, 1.807) is 6.07 Å². The van der Waals surface area contributed by atoms with Crippen molar-refractivity contribution in [2.24, 2.45) is 0 Å². The zero-order valence-corrected chi connectivity index (χ0v) is 18.0. The van der Waals surface area contributed by atoms with Crippen molar-refractivity contribution in [1.82, 2.24) is 5.32 Å². The fourth-order valence-corrected chi connectivity index (χ4v) is 4.56. The molecule has 0 aliphatic heterocycles. The summed E-state index contributed by atoms with van der Waals surface area (Å²) in [6, 6.07) is 23.6. The molecule has 4 aromatic rings. The average molecular weight is 443 g/mol. The summed E-state index contributed by atoms with van der Waals surface area (Å²) in [5, 5.41) is 24.3. The van der Waals surface area contributed by atoms with E-state index in [0.717, 1.165) is 16.5 Å². The number of nitrogens with one attached hydrogen (secondary N) is 1. The van der Waals surface area contributed by atoms with Crippen LogP contribution in [0.3, 0.4) is 0 Å². The number of benzene rings is 3. The first-order valence-electron chi connectivity index (χ1n) is 11.0. The minimum absolute atomic E-state index is 0.00932. The fraction of sp³-hybridized carbons (Fsp3) is 0.222. The van der Waals surface area contributed by atoms with E-state index in [1.165, 1.54) is 17.4 Å². The maximum absolute atomic E-state index is 12.3. The monoisotopic (exact) mass is 443 g/mol. The summed E-state index contributed by atoms with van der Waals surface area (Å²) < 4.78 is 10.9. The van der Waals surface area contributed by atoms with Gasteiger partial charge in [0.1, 0.15) is 18.3 Å². The largest absolute Gasteiger partial charge is 0.464 e. The molecule has 3 aromatic carbocycles. The van der Waals surface area contributed by atoms with Gasteiger partial charge in [0.2, 0.25) is 0 Å². The van der Waals surface area contributed by atoms with Gasteiger partial charge in [-0.3, -0.25) is 0 Å². The number of carbonyl (C=O) groups excluding carboxylic acids is 1. The van der Waals surface area contributed by atoms with Crippen LogP contribution in [-0.2, 0) is 4.74 Å². The molecular formula is C27H25NO5. The third-order valence-corrected chi connectivity index (χ3v) is 6.25. The summed E-state index contributed by atoms with van der Waals surface area (Å²) in [7, 11) is 0. The third kappa shape index (κ3) is 4.11. The van der Waals surface area contributed by atoms with E-state index in [1.807, 2.05) is 42.5 Å². The number of para-hydroxylation sites is 1. The Morgan fingerprint density at radius 3 is 2.30 bits per heavy atom. The van der Waals surface area contributed by atoms with Crippen LogP contribution in [0.1, 0.15) is 35.1 Å². The number of alkyl carbamates (subject to hydrolysis) is 1. The molecule has 1 aliphatic carbocycles. The lowest BCUT2D eigenvalue weighted by Crippen LogP contribution is -2.30. The summed E-state index contributed by atoms with van der Waals surface area (Å²) in [5.74, 6) is -0.00932. The van der Waals surface area contributed by atoms with Crippen LogP contribution in [0.25, 0.3) is 22.1 Å². The minimum atomic E-state index is -1.11. The Balaban J connectivity index is 1.14. The molecule has 0 bridgehead atoms. The Kier molecular flexibility index (Phi) is 5.86. The van der Waals surface area contributed by atoms with Crippen LogP contribution in [0.15, 0.2) is 83.5 Å². The summed E-state index contributed by atoms with van der Waals surface area (Å²) in [5.41, 5.74) is 5.82. The van der Waals surface area contributed by atoms with Crippen LogP contribution in [0, 0.1) is 0 Å². The van der Waals surface area contributed by atoms with Crippen molar-refractivity contribution in [3.8, 4) is 11.1 Å². The van der Waals surface area contributed by atoms with E-state index in [9.17, 15) is 15.0 Å². The Morgan fingerprint density at radius 1 is 0.939 bits per heavy atom. The Hall–Kier alpha value is -3.61. The van der Waals surface area contributed by atoms with Crippen LogP contribution in [0.4, 0.5) is 4.79 Å². The molecule has 1 aliphatic rings. The van der Waals surface area contributed by atoms with Gasteiger partial charge in [-0.15, -0.1) is 0 Å². The van der Waals surface area contributed by atoms with Crippen LogP contribution in [-0.4, -0.2) is 35.6 Å². The molecule has 1 amide bonds. The normalized spacial score (nSPS) is 14.5. The highest BCUT2D eigenvalue weighted by Gasteiger charge is 2.29. The van der Waals surface area contributed by atoms with Gasteiger partial charge in [-0.25, -0.2) is 4.79 Å². The molecule has 3 N–H and O–H groups in total. The number of ether oxygens (including phenoxy) is 1. The van der Waals surface area contributed by atoms with Crippen LogP contribution < -0.4 is 5.32 Å². The molecule has 0 spiro atoms. The number of rotatable bonds is 7. The summed E-state index contributed by atoms with van der Waals surface area (Å²) >= 11 is 0. The molecule has 0 saturated carbocycles. The molecule has 1 aromatic heterocycles. The fourth-order valence-electron chi connectivity index (χ4n) is 4.56. The topological polar surface area (TPSA) is 91.9 Å². The maximum atomic E-state index is 12.3. The number of hydrogen-bond acceptors (Lipinski definition) is 5. The molecule has 6 nitrogen and oxygen atoms in total. The van der Waals surface area contributed by atoms with E-state index in [4.69, 9.17) is 9.15 Å². The molecule has 2 atom stereocenters. The number of aliphatic hydroxyl groups is 2.